The van der Waals surface area contributed by atoms with E-state index in [2.05, 4.69) is 31.2 Å². The Morgan fingerprint density at radius 3 is 2.67 bits per heavy atom. The highest BCUT2D eigenvalue weighted by Crippen LogP contribution is 2.28. The van der Waals surface area contributed by atoms with Gasteiger partial charge in [0.05, 0.1) is 5.69 Å². The van der Waals surface area contributed by atoms with Gasteiger partial charge in [-0.1, -0.05) is 11.6 Å². The number of aromatic nitrogens is 2. The van der Waals surface area contributed by atoms with Gasteiger partial charge in [0.1, 0.15) is 12.4 Å². The van der Waals surface area contributed by atoms with Crippen LogP contribution < -0.4 is 10.1 Å². The summed E-state index contributed by atoms with van der Waals surface area (Å²) in [6.07, 6.45) is 1.97. The molecular formula is C16H22ClN3O. The van der Waals surface area contributed by atoms with E-state index in [1.165, 1.54) is 0 Å². The minimum atomic E-state index is 0.173. The van der Waals surface area contributed by atoms with E-state index in [0.29, 0.717) is 17.7 Å². The van der Waals surface area contributed by atoms with Crippen LogP contribution in [0.1, 0.15) is 44.1 Å². The molecule has 2 aromatic rings. The Bertz CT molecular complexity index is 595. The fourth-order valence-corrected chi connectivity index (χ4v) is 2.22. The minimum Gasteiger partial charge on any atom is -0.487 e. The monoisotopic (exact) mass is 307 g/mol. The predicted octanol–water partition coefficient (Wildman–Crippen LogP) is 3.98. The maximum Gasteiger partial charge on any atom is 0.132 e. The molecular weight excluding hydrogens is 286 g/mol. The van der Waals surface area contributed by atoms with Crippen molar-refractivity contribution in [3.05, 3.63) is 46.7 Å². The molecule has 0 aliphatic rings. The number of benzene rings is 1. The average Bonchev–Trinajstić information content (AvgIpc) is 2.94. The summed E-state index contributed by atoms with van der Waals surface area (Å²) in [4.78, 5) is 0. The lowest BCUT2D eigenvalue weighted by molar-refractivity contribution is 0.293. The Hall–Kier alpha value is -1.52. The number of nitrogens with one attached hydrogen (secondary N) is 1. The Morgan fingerprint density at radius 1 is 1.29 bits per heavy atom. The molecule has 0 bridgehead atoms. The van der Waals surface area contributed by atoms with E-state index in [1.54, 1.807) is 0 Å². The minimum absolute atomic E-state index is 0.173. The quantitative estimate of drug-likeness (QED) is 0.877. The summed E-state index contributed by atoms with van der Waals surface area (Å²) in [7, 11) is 1.92. The molecule has 5 heteroatoms. The fraction of sp³-hybridized carbons (Fsp3) is 0.438. The molecule has 1 aromatic heterocycles. The normalized spacial score (nSPS) is 12.7. The van der Waals surface area contributed by atoms with E-state index in [0.717, 1.165) is 17.0 Å². The summed E-state index contributed by atoms with van der Waals surface area (Å²) in [6, 6.07) is 8.20. The molecule has 0 saturated carbocycles. The third-order valence-electron chi connectivity index (χ3n) is 3.44. The molecule has 0 saturated heterocycles. The van der Waals surface area contributed by atoms with Crippen LogP contribution in [0.5, 0.6) is 5.75 Å². The molecule has 1 unspecified atom stereocenters. The lowest BCUT2D eigenvalue weighted by atomic mass is 10.1. The number of rotatable bonds is 6. The van der Waals surface area contributed by atoms with E-state index in [9.17, 15) is 0 Å². The second-order valence-corrected chi connectivity index (χ2v) is 5.80. The molecule has 1 atom stereocenters. The first kappa shape index (κ1) is 15.9. The highest BCUT2D eigenvalue weighted by Gasteiger charge is 2.12. The molecule has 2 rings (SSSR count). The molecule has 0 spiro atoms. The van der Waals surface area contributed by atoms with Gasteiger partial charge < -0.3 is 10.1 Å². The molecule has 21 heavy (non-hydrogen) atoms. The lowest BCUT2D eigenvalue weighted by Gasteiger charge is -2.16. The van der Waals surface area contributed by atoms with Crippen molar-refractivity contribution in [1.29, 1.82) is 0 Å². The van der Waals surface area contributed by atoms with Gasteiger partial charge in [-0.2, -0.15) is 5.10 Å². The van der Waals surface area contributed by atoms with E-state index in [1.807, 2.05) is 42.2 Å². The van der Waals surface area contributed by atoms with Crippen molar-refractivity contribution in [1.82, 2.24) is 15.1 Å². The number of hydrogen-bond acceptors (Lipinski definition) is 3. The van der Waals surface area contributed by atoms with Gasteiger partial charge in [-0.3, -0.25) is 4.68 Å². The number of hydrogen-bond donors (Lipinski definition) is 1. The van der Waals surface area contributed by atoms with Crippen LogP contribution in [0.4, 0.5) is 0 Å². The topological polar surface area (TPSA) is 39.1 Å². The Morgan fingerprint density at radius 2 is 2.05 bits per heavy atom. The molecule has 0 radical (unpaired) electrons. The van der Waals surface area contributed by atoms with Crippen LogP contribution in [0.2, 0.25) is 5.02 Å². The molecule has 0 amide bonds. The fourth-order valence-electron chi connectivity index (χ4n) is 2.04. The van der Waals surface area contributed by atoms with Crippen LogP contribution in [0.3, 0.4) is 0 Å². The third kappa shape index (κ3) is 3.99. The first-order valence-electron chi connectivity index (χ1n) is 7.14. The van der Waals surface area contributed by atoms with Gasteiger partial charge in [-0.15, -0.1) is 0 Å². The number of ether oxygens (including phenoxy) is 1. The van der Waals surface area contributed by atoms with Gasteiger partial charge in [0.15, 0.2) is 0 Å². The van der Waals surface area contributed by atoms with Crippen LogP contribution >= 0.6 is 11.6 Å². The smallest absolute Gasteiger partial charge is 0.132 e. The highest BCUT2D eigenvalue weighted by molar-refractivity contribution is 6.30. The van der Waals surface area contributed by atoms with E-state index >= 15 is 0 Å². The van der Waals surface area contributed by atoms with Crippen LogP contribution in [0, 0.1) is 0 Å². The Kier molecular flexibility index (Phi) is 5.26. The van der Waals surface area contributed by atoms with Crippen molar-refractivity contribution in [2.45, 2.75) is 39.5 Å². The lowest BCUT2D eigenvalue weighted by Crippen LogP contribution is -2.14. The Balaban J connectivity index is 2.11. The second-order valence-electron chi connectivity index (χ2n) is 5.36. The van der Waals surface area contributed by atoms with Crippen LogP contribution in [-0.4, -0.2) is 16.8 Å². The molecule has 114 valence electrons. The molecule has 0 aliphatic carbocycles. The zero-order valence-corrected chi connectivity index (χ0v) is 13.7. The van der Waals surface area contributed by atoms with E-state index < -0.39 is 0 Å². The molecule has 4 nitrogen and oxygen atoms in total. The van der Waals surface area contributed by atoms with Crippen molar-refractivity contribution >= 4 is 11.6 Å². The van der Waals surface area contributed by atoms with Gasteiger partial charge in [-0.05, 0) is 52.1 Å². The zero-order chi connectivity index (χ0) is 15.4. The van der Waals surface area contributed by atoms with E-state index in [-0.39, 0.29) is 6.04 Å². The first-order valence-corrected chi connectivity index (χ1v) is 7.52. The molecule has 1 heterocycles. The number of nitrogens with zero attached hydrogens (tertiary/aromatic N) is 2. The Labute approximate surface area is 131 Å². The standard InChI is InChI=1S/C16H22ClN3O/c1-11(2)20-8-7-14(19-20)10-21-16-6-5-13(17)9-15(16)12(3)18-4/h5-9,11-12,18H,10H2,1-4H3. The van der Waals surface area contributed by atoms with Crippen molar-refractivity contribution in [2.75, 3.05) is 7.05 Å². The van der Waals surface area contributed by atoms with Crippen LogP contribution in [0.25, 0.3) is 0 Å². The first-order chi connectivity index (χ1) is 10.0. The maximum atomic E-state index is 6.07. The summed E-state index contributed by atoms with van der Waals surface area (Å²) in [5, 5.41) is 8.41. The van der Waals surface area contributed by atoms with Gasteiger partial charge >= 0.3 is 0 Å². The van der Waals surface area contributed by atoms with Crippen LogP contribution in [0.15, 0.2) is 30.5 Å². The van der Waals surface area contributed by atoms with Crippen LogP contribution in [-0.2, 0) is 6.61 Å². The van der Waals surface area contributed by atoms with Crippen molar-refractivity contribution < 1.29 is 4.74 Å². The van der Waals surface area contributed by atoms with Gasteiger partial charge in [0.25, 0.3) is 0 Å². The molecule has 0 fully saturated rings. The van der Waals surface area contributed by atoms with Gasteiger partial charge in [-0.25, -0.2) is 0 Å². The largest absolute Gasteiger partial charge is 0.487 e. The molecule has 1 aromatic carbocycles. The van der Waals surface area contributed by atoms with Crippen molar-refractivity contribution in [2.24, 2.45) is 0 Å². The number of halogens is 1. The summed E-state index contributed by atoms with van der Waals surface area (Å²) < 4.78 is 7.85. The summed E-state index contributed by atoms with van der Waals surface area (Å²) in [5.74, 6) is 0.834. The van der Waals surface area contributed by atoms with Crippen molar-refractivity contribution in [3.63, 3.8) is 0 Å². The van der Waals surface area contributed by atoms with E-state index in [4.69, 9.17) is 16.3 Å². The second kappa shape index (κ2) is 6.96. The maximum absolute atomic E-state index is 6.07. The highest BCUT2D eigenvalue weighted by atomic mass is 35.5. The zero-order valence-electron chi connectivity index (χ0n) is 12.9. The van der Waals surface area contributed by atoms with Crippen molar-refractivity contribution in [3.8, 4) is 5.75 Å². The van der Waals surface area contributed by atoms with Gasteiger partial charge in [0, 0.05) is 28.9 Å². The third-order valence-corrected chi connectivity index (χ3v) is 3.67. The van der Waals surface area contributed by atoms with Gasteiger partial charge in [0.2, 0.25) is 0 Å². The predicted molar refractivity (Wildman–Crippen MR) is 85.9 cm³/mol. The SMILES string of the molecule is CNC(C)c1cc(Cl)ccc1OCc1ccn(C(C)C)n1. The average molecular weight is 308 g/mol. The summed E-state index contributed by atoms with van der Waals surface area (Å²) in [5.41, 5.74) is 1.97. The molecule has 1 N–H and O–H groups in total. The summed E-state index contributed by atoms with van der Waals surface area (Å²) >= 11 is 6.07. The molecule has 0 aliphatic heterocycles. The summed E-state index contributed by atoms with van der Waals surface area (Å²) in [6.45, 7) is 6.73.